The number of fused-ring (bicyclic) bond motifs is 1. The second kappa shape index (κ2) is 5.37. The van der Waals surface area contributed by atoms with Crippen LogP contribution in [-0.2, 0) is 6.42 Å². The normalized spacial score (nSPS) is 13.1. The van der Waals surface area contributed by atoms with Gasteiger partial charge in [-0.1, -0.05) is 29.8 Å². The van der Waals surface area contributed by atoms with E-state index in [2.05, 4.69) is 0 Å². The molecule has 0 bridgehead atoms. The van der Waals surface area contributed by atoms with Gasteiger partial charge < -0.3 is 9.47 Å². The Hall–Kier alpha value is -2.29. The number of carbonyl (C=O) groups is 1. The van der Waals surface area contributed by atoms with Crippen LogP contribution in [0.1, 0.15) is 21.5 Å². The van der Waals surface area contributed by atoms with E-state index in [-0.39, 0.29) is 5.78 Å². The molecule has 0 aliphatic carbocycles. The molecule has 0 radical (unpaired) electrons. The van der Waals surface area contributed by atoms with Crippen LogP contribution in [0.4, 0.5) is 0 Å². The standard InChI is InChI=1S/C17H16O3/c1-12-2-4-13(5-3-12)10-15(18)14-6-7-16-17(11-14)20-9-8-19-16/h2-7,11H,8-10H2,1H3. The summed E-state index contributed by atoms with van der Waals surface area (Å²) in [6, 6.07) is 13.4. The SMILES string of the molecule is Cc1ccc(CC(=O)c2ccc3c(c2)OCCO3)cc1. The second-order valence-corrected chi connectivity index (χ2v) is 4.94. The third-order valence-electron chi connectivity index (χ3n) is 3.35. The fraction of sp³-hybridized carbons (Fsp3) is 0.235. The maximum atomic E-state index is 12.3. The molecule has 2 aromatic rings. The highest BCUT2D eigenvalue weighted by molar-refractivity contribution is 5.98. The zero-order chi connectivity index (χ0) is 13.9. The summed E-state index contributed by atoms with van der Waals surface area (Å²) in [6.07, 6.45) is 0.403. The lowest BCUT2D eigenvalue weighted by atomic mass is 10.0. The van der Waals surface area contributed by atoms with Gasteiger partial charge in [-0.2, -0.15) is 0 Å². The van der Waals surface area contributed by atoms with Gasteiger partial charge >= 0.3 is 0 Å². The lowest BCUT2D eigenvalue weighted by Crippen LogP contribution is -2.16. The minimum absolute atomic E-state index is 0.0887. The second-order valence-electron chi connectivity index (χ2n) is 4.94. The molecule has 0 spiro atoms. The minimum atomic E-state index is 0.0887. The third-order valence-corrected chi connectivity index (χ3v) is 3.35. The summed E-state index contributed by atoms with van der Waals surface area (Å²) in [5.41, 5.74) is 2.88. The van der Waals surface area contributed by atoms with Crippen LogP contribution in [0.5, 0.6) is 11.5 Å². The van der Waals surface area contributed by atoms with E-state index in [0.717, 1.165) is 5.56 Å². The molecular formula is C17H16O3. The molecule has 0 N–H and O–H groups in total. The van der Waals surface area contributed by atoms with Crippen LogP contribution in [0.15, 0.2) is 42.5 Å². The highest BCUT2D eigenvalue weighted by Gasteiger charge is 2.15. The van der Waals surface area contributed by atoms with Crippen molar-refractivity contribution in [1.29, 1.82) is 0 Å². The van der Waals surface area contributed by atoms with E-state index < -0.39 is 0 Å². The molecule has 0 atom stereocenters. The van der Waals surface area contributed by atoms with Crippen molar-refractivity contribution in [2.24, 2.45) is 0 Å². The number of hydrogen-bond acceptors (Lipinski definition) is 3. The summed E-state index contributed by atoms with van der Waals surface area (Å²) in [7, 11) is 0. The summed E-state index contributed by atoms with van der Waals surface area (Å²) in [5, 5.41) is 0. The van der Waals surface area contributed by atoms with Crippen LogP contribution in [0.25, 0.3) is 0 Å². The average Bonchev–Trinajstić information content (AvgIpc) is 2.49. The fourth-order valence-corrected chi connectivity index (χ4v) is 2.21. The molecule has 102 valence electrons. The first-order chi connectivity index (χ1) is 9.72. The maximum absolute atomic E-state index is 12.3. The Morgan fingerprint density at radius 1 is 1.00 bits per heavy atom. The van der Waals surface area contributed by atoms with Crippen LogP contribution in [0.2, 0.25) is 0 Å². The minimum Gasteiger partial charge on any atom is -0.486 e. The Bertz CT molecular complexity index is 629. The van der Waals surface area contributed by atoms with Crippen LogP contribution < -0.4 is 9.47 Å². The number of ether oxygens (including phenoxy) is 2. The number of aryl methyl sites for hydroxylation is 1. The number of rotatable bonds is 3. The first kappa shape index (κ1) is 12.7. The summed E-state index contributed by atoms with van der Waals surface area (Å²) in [5.74, 6) is 1.46. The molecule has 3 heteroatoms. The Kier molecular flexibility index (Phi) is 3.42. The number of Topliss-reactive ketones (excluding diaryl/α,β-unsaturated/α-hetero) is 1. The number of benzene rings is 2. The predicted molar refractivity (Wildman–Crippen MR) is 76.6 cm³/mol. The maximum Gasteiger partial charge on any atom is 0.167 e. The van der Waals surface area contributed by atoms with Crippen LogP contribution in [-0.4, -0.2) is 19.0 Å². The molecule has 0 aromatic heterocycles. The van der Waals surface area contributed by atoms with E-state index in [1.54, 1.807) is 18.2 Å². The van der Waals surface area contributed by atoms with Gasteiger partial charge in [-0.25, -0.2) is 0 Å². The number of hydrogen-bond donors (Lipinski definition) is 0. The van der Waals surface area contributed by atoms with Gasteiger partial charge in [0.25, 0.3) is 0 Å². The Balaban J connectivity index is 1.78. The van der Waals surface area contributed by atoms with Crippen molar-refractivity contribution >= 4 is 5.78 Å². The molecule has 0 saturated heterocycles. The Labute approximate surface area is 118 Å². The number of ketones is 1. The molecule has 3 rings (SSSR count). The summed E-state index contributed by atoms with van der Waals surface area (Å²) in [4.78, 5) is 12.3. The molecule has 0 fully saturated rings. The molecule has 3 nitrogen and oxygen atoms in total. The average molecular weight is 268 g/mol. The predicted octanol–water partition coefficient (Wildman–Crippen LogP) is 3.19. The highest BCUT2D eigenvalue weighted by atomic mass is 16.6. The van der Waals surface area contributed by atoms with Gasteiger partial charge in [0.1, 0.15) is 13.2 Å². The summed E-state index contributed by atoms with van der Waals surface area (Å²) in [6.45, 7) is 3.12. The van der Waals surface area contributed by atoms with Crippen molar-refractivity contribution in [3.8, 4) is 11.5 Å². The molecule has 0 amide bonds. The van der Waals surface area contributed by atoms with Crippen LogP contribution in [0.3, 0.4) is 0 Å². The van der Waals surface area contributed by atoms with E-state index in [1.807, 2.05) is 31.2 Å². The fourth-order valence-electron chi connectivity index (χ4n) is 2.21. The van der Waals surface area contributed by atoms with Crippen LogP contribution in [0, 0.1) is 6.92 Å². The van der Waals surface area contributed by atoms with Crippen molar-refractivity contribution in [3.05, 3.63) is 59.2 Å². The Morgan fingerprint density at radius 2 is 1.70 bits per heavy atom. The zero-order valence-electron chi connectivity index (χ0n) is 11.4. The largest absolute Gasteiger partial charge is 0.486 e. The summed E-state index contributed by atoms with van der Waals surface area (Å²) < 4.78 is 11.0. The first-order valence-corrected chi connectivity index (χ1v) is 6.71. The Morgan fingerprint density at radius 3 is 2.45 bits per heavy atom. The van der Waals surface area contributed by atoms with E-state index in [1.165, 1.54) is 5.56 Å². The molecule has 0 saturated carbocycles. The van der Waals surface area contributed by atoms with Gasteiger partial charge in [0.15, 0.2) is 17.3 Å². The topological polar surface area (TPSA) is 35.5 Å². The van der Waals surface area contributed by atoms with Crippen molar-refractivity contribution in [1.82, 2.24) is 0 Å². The van der Waals surface area contributed by atoms with Gasteiger partial charge in [-0.3, -0.25) is 4.79 Å². The smallest absolute Gasteiger partial charge is 0.167 e. The third kappa shape index (κ3) is 2.67. The molecule has 0 unspecified atom stereocenters. The lowest BCUT2D eigenvalue weighted by molar-refractivity contribution is 0.0991. The van der Waals surface area contributed by atoms with E-state index >= 15 is 0 Å². The van der Waals surface area contributed by atoms with E-state index in [9.17, 15) is 4.79 Å². The number of carbonyl (C=O) groups excluding carboxylic acids is 1. The van der Waals surface area contributed by atoms with Crippen molar-refractivity contribution in [3.63, 3.8) is 0 Å². The van der Waals surface area contributed by atoms with Gasteiger partial charge in [-0.15, -0.1) is 0 Å². The van der Waals surface area contributed by atoms with Crippen molar-refractivity contribution in [2.75, 3.05) is 13.2 Å². The van der Waals surface area contributed by atoms with Gasteiger partial charge in [0, 0.05) is 12.0 Å². The first-order valence-electron chi connectivity index (χ1n) is 6.71. The lowest BCUT2D eigenvalue weighted by Gasteiger charge is -2.18. The van der Waals surface area contributed by atoms with Crippen molar-refractivity contribution in [2.45, 2.75) is 13.3 Å². The van der Waals surface area contributed by atoms with Gasteiger partial charge in [-0.05, 0) is 30.7 Å². The van der Waals surface area contributed by atoms with Gasteiger partial charge in [0.2, 0.25) is 0 Å². The molecular weight excluding hydrogens is 252 g/mol. The van der Waals surface area contributed by atoms with Crippen LogP contribution >= 0.6 is 0 Å². The molecule has 1 aliphatic rings. The van der Waals surface area contributed by atoms with Gasteiger partial charge in [0.05, 0.1) is 0 Å². The zero-order valence-corrected chi connectivity index (χ0v) is 11.4. The molecule has 1 heterocycles. The quantitative estimate of drug-likeness (QED) is 0.802. The van der Waals surface area contributed by atoms with E-state index in [4.69, 9.17) is 9.47 Å². The van der Waals surface area contributed by atoms with Crippen molar-refractivity contribution < 1.29 is 14.3 Å². The highest BCUT2D eigenvalue weighted by Crippen LogP contribution is 2.31. The van der Waals surface area contributed by atoms with E-state index in [0.29, 0.717) is 36.7 Å². The molecule has 1 aliphatic heterocycles. The molecule has 20 heavy (non-hydrogen) atoms. The monoisotopic (exact) mass is 268 g/mol. The molecule has 2 aromatic carbocycles. The summed E-state index contributed by atoms with van der Waals surface area (Å²) >= 11 is 0.